The monoisotopic (exact) mass is 287 g/mol. The lowest BCUT2D eigenvalue weighted by atomic mass is 10.1. The molecule has 3 nitrogen and oxygen atoms in total. The zero-order chi connectivity index (χ0) is 14.0. The van der Waals surface area contributed by atoms with E-state index >= 15 is 0 Å². The number of aromatic carboxylic acids is 1. The van der Waals surface area contributed by atoms with Gasteiger partial charge in [-0.3, -0.25) is 0 Å². The largest absolute Gasteiger partial charge is 0.478 e. The molecule has 0 saturated heterocycles. The Kier molecular flexibility index (Phi) is 4.29. The van der Waals surface area contributed by atoms with E-state index in [-0.39, 0.29) is 11.7 Å². The van der Waals surface area contributed by atoms with E-state index in [0.717, 1.165) is 25.3 Å². The van der Waals surface area contributed by atoms with Crippen molar-refractivity contribution in [3.05, 3.63) is 29.3 Å². The van der Waals surface area contributed by atoms with E-state index in [1.165, 1.54) is 6.07 Å². The van der Waals surface area contributed by atoms with Gasteiger partial charge in [0.25, 0.3) is 0 Å². The number of halogens is 2. The molecule has 104 valence electrons. The lowest BCUT2D eigenvalue weighted by Gasteiger charge is -2.21. The summed E-state index contributed by atoms with van der Waals surface area (Å²) in [4.78, 5) is 10.7. The Labute approximate surface area is 114 Å². The van der Waals surface area contributed by atoms with Crippen molar-refractivity contribution in [2.24, 2.45) is 0 Å². The fraction of sp³-hybridized carbons (Fsp3) is 0.462. The molecule has 1 fully saturated rings. The summed E-state index contributed by atoms with van der Waals surface area (Å²) < 4.78 is 27.4. The summed E-state index contributed by atoms with van der Waals surface area (Å²) in [6.45, 7) is 0. The summed E-state index contributed by atoms with van der Waals surface area (Å²) in [6.07, 6.45) is 5.01. The maximum absolute atomic E-state index is 13.8. The molecule has 6 heteroatoms. The molecule has 1 aliphatic rings. The molecule has 1 saturated carbocycles. The van der Waals surface area contributed by atoms with Crippen molar-refractivity contribution in [1.29, 1.82) is 0 Å². The van der Waals surface area contributed by atoms with Crippen LogP contribution in [0.1, 0.15) is 29.6 Å². The summed E-state index contributed by atoms with van der Waals surface area (Å²) in [5.41, 5.74) is -0.607. The van der Waals surface area contributed by atoms with E-state index in [9.17, 15) is 13.6 Å². The van der Waals surface area contributed by atoms with Gasteiger partial charge in [-0.25, -0.2) is 13.6 Å². The minimum Gasteiger partial charge on any atom is -0.478 e. The highest BCUT2D eigenvalue weighted by molar-refractivity contribution is 7.99. The maximum Gasteiger partial charge on any atom is 0.338 e. The molecule has 19 heavy (non-hydrogen) atoms. The van der Waals surface area contributed by atoms with Crippen molar-refractivity contribution in [3.63, 3.8) is 0 Å². The number of carbonyl (C=O) groups is 1. The number of nitrogens with one attached hydrogen (secondary N) is 1. The predicted octanol–water partition coefficient (Wildman–Crippen LogP) is 3.36. The highest BCUT2D eigenvalue weighted by Crippen LogP contribution is 2.32. The number of rotatable bonds is 4. The number of carboxylic acid groups (broad SMARTS) is 1. The molecule has 1 aromatic carbocycles. The number of hydrogen-bond acceptors (Lipinski definition) is 3. The zero-order valence-electron chi connectivity index (χ0n) is 10.5. The SMILES string of the molecule is CSC1CCCC1Nc1ccc(C(=O)O)c(F)c1F. The topological polar surface area (TPSA) is 49.3 Å². The number of hydrogen-bond donors (Lipinski definition) is 2. The third-order valence-electron chi connectivity index (χ3n) is 3.41. The van der Waals surface area contributed by atoms with Crippen molar-refractivity contribution in [2.75, 3.05) is 11.6 Å². The number of thioether (sulfide) groups is 1. The van der Waals surface area contributed by atoms with E-state index < -0.39 is 23.2 Å². The van der Waals surface area contributed by atoms with Crippen LogP contribution in [0.3, 0.4) is 0 Å². The molecule has 2 rings (SSSR count). The summed E-state index contributed by atoms with van der Waals surface area (Å²) >= 11 is 1.71. The van der Waals surface area contributed by atoms with Crippen LogP contribution >= 0.6 is 11.8 Å². The molecule has 0 radical (unpaired) electrons. The Morgan fingerprint density at radius 1 is 1.37 bits per heavy atom. The second kappa shape index (κ2) is 5.77. The Hall–Kier alpha value is -1.30. The smallest absolute Gasteiger partial charge is 0.338 e. The lowest BCUT2D eigenvalue weighted by molar-refractivity contribution is 0.0690. The van der Waals surface area contributed by atoms with Crippen LogP contribution in [0.25, 0.3) is 0 Å². The van der Waals surface area contributed by atoms with E-state index in [1.807, 2.05) is 6.26 Å². The molecule has 0 amide bonds. The van der Waals surface area contributed by atoms with Crippen molar-refractivity contribution in [2.45, 2.75) is 30.6 Å². The molecule has 0 aliphatic heterocycles. The summed E-state index contributed by atoms with van der Waals surface area (Å²) in [5, 5.41) is 12.1. The third-order valence-corrected chi connectivity index (χ3v) is 4.58. The molecule has 2 N–H and O–H groups in total. The van der Waals surface area contributed by atoms with Crippen LogP contribution in [0, 0.1) is 11.6 Å². The van der Waals surface area contributed by atoms with Crippen molar-refractivity contribution < 1.29 is 18.7 Å². The van der Waals surface area contributed by atoms with Gasteiger partial charge in [-0.15, -0.1) is 0 Å². The van der Waals surface area contributed by atoms with Crippen LogP contribution in [0.5, 0.6) is 0 Å². The molecule has 0 bridgehead atoms. The van der Waals surface area contributed by atoms with Crippen LogP contribution in [0.15, 0.2) is 12.1 Å². The molecule has 2 unspecified atom stereocenters. The van der Waals surface area contributed by atoms with Gasteiger partial charge in [-0.2, -0.15) is 11.8 Å². The fourth-order valence-corrected chi connectivity index (χ4v) is 3.33. The average Bonchev–Trinajstić information content (AvgIpc) is 2.82. The predicted molar refractivity (Wildman–Crippen MR) is 71.9 cm³/mol. The Morgan fingerprint density at radius 2 is 2.11 bits per heavy atom. The first kappa shape index (κ1) is 14.1. The van der Waals surface area contributed by atoms with Crippen LogP contribution in [0.2, 0.25) is 0 Å². The highest BCUT2D eigenvalue weighted by atomic mass is 32.2. The lowest BCUT2D eigenvalue weighted by Crippen LogP contribution is -2.26. The second-order valence-electron chi connectivity index (χ2n) is 4.55. The van der Waals surface area contributed by atoms with Crippen LogP contribution in [-0.4, -0.2) is 28.6 Å². The fourth-order valence-electron chi connectivity index (χ4n) is 2.40. The first-order valence-electron chi connectivity index (χ1n) is 6.05. The van der Waals surface area contributed by atoms with Crippen LogP contribution in [-0.2, 0) is 0 Å². The van der Waals surface area contributed by atoms with E-state index in [4.69, 9.17) is 5.11 Å². The zero-order valence-corrected chi connectivity index (χ0v) is 11.3. The van der Waals surface area contributed by atoms with Crippen LogP contribution < -0.4 is 5.32 Å². The standard InChI is InChI=1S/C13H15F2NO2S/c1-19-10-4-2-3-8(10)16-9-6-5-7(13(17)18)11(14)12(9)15/h5-6,8,10,16H,2-4H2,1H3,(H,17,18). The third kappa shape index (κ3) is 2.83. The second-order valence-corrected chi connectivity index (χ2v) is 5.63. The highest BCUT2D eigenvalue weighted by Gasteiger charge is 2.28. The van der Waals surface area contributed by atoms with Gasteiger partial charge in [0, 0.05) is 11.3 Å². The molecule has 0 heterocycles. The van der Waals surface area contributed by atoms with E-state index in [2.05, 4.69) is 5.32 Å². The maximum atomic E-state index is 13.8. The molecular formula is C13H15F2NO2S. The quantitative estimate of drug-likeness (QED) is 0.891. The Morgan fingerprint density at radius 3 is 2.74 bits per heavy atom. The minimum absolute atomic E-state index is 0.0356. The van der Waals surface area contributed by atoms with Gasteiger partial charge in [-0.05, 0) is 31.2 Å². The normalized spacial score (nSPS) is 22.5. The van der Waals surface area contributed by atoms with Crippen LogP contribution in [0.4, 0.5) is 14.5 Å². The molecule has 2 atom stereocenters. The van der Waals surface area contributed by atoms with E-state index in [0.29, 0.717) is 5.25 Å². The van der Waals surface area contributed by atoms with Gasteiger partial charge in [0.1, 0.15) is 0 Å². The summed E-state index contributed by atoms with van der Waals surface area (Å²) in [5.74, 6) is -3.89. The molecular weight excluding hydrogens is 272 g/mol. The van der Waals surface area contributed by atoms with Gasteiger partial charge in [0.15, 0.2) is 11.6 Å². The molecule has 1 aliphatic carbocycles. The summed E-state index contributed by atoms with van der Waals surface area (Å²) in [6, 6.07) is 2.48. The minimum atomic E-state index is -1.47. The first-order valence-corrected chi connectivity index (χ1v) is 7.34. The van der Waals surface area contributed by atoms with Crippen molar-refractivity contribution in [1.82, 2.24) is 0 Å². The Bertz CT molecular complexity index is 496. The molecule has 0 aromatic heterocycles. The molecule has 1 aromatic rings. The van der Waals surface area contributed by atoms with E-state index in [1.54, 1.807) is 11.8 Å². The number of carboxylic acids is 1. The number of anilines is 1. The summed E-state index contributed by atoms with van der Waals surface area (Å²) in [7, 11) is 0. The molecule has 0 spiro atoms. The van der Waals surface area contributed by atoms with Crippen molar-refractivity contribution >= 4 is 23.4 Å². The number of benzene rings is 1. The van der Waals surface area contributed by atoms with Gasteiger partial charge >= 0.3 is 5.97 Å². The Balaban J connectivity index is 2.22. The average molecular weight is 287 g/mol. The van der Waals surface area contributed by atoms with Gasteiger partial charge in [0.2, 0.25) is 0 Å². The van der Waals surface area contributed by atoms with Crippen molar-refractivity contribution in [3.8, 4) is 0 Å². The first-order chi connectivity index (χ1) is 9.04. The van der Waals surface area contributed by atoms with Gasteiger partial charge in [-0.1, -0.05) is 6.42 Å². The van der Waals surface area contributed by atoms with Gasteiger partial charge in [0.05, 0.1) is 11.3 Å². The van der Waals surface area contributed by atoms with Gasteiger partial charge < -0.3 is 10.4 Å².